The molecule has 0 unspecified atom stereocenters. The van der Waals surface area contributed by atoms with Crippen LogP contribution in [0.3, 0.4) is 0 Å². The summed E-state index contributed by atoms with van der Waals surface area (Å²) in [5.74, 6) is 1.49. The van der Waals surface area contributed by atoms with Gasteiger partial charge in [-0.3, -0.25) is 0 Å². The number of fused-ring (bicyclic) bond motifs is 1. The van der Waals surface area contributed by atoms with E-state index < -0.39 is 7.12 Å². The van der Waals surface area contributed by atoms with Gasteiger partial charge in [-0.15, -0.1) is 0 Å². The number of nitrogens with zero attached hydrogens (tertiary/aromatic N) is 2. The van der Waals surface area contributed by atoms with Crippen molar-refractivity contribution in [3.63, 3.8) is 0 Å². The first-order valence-electron chi connectivity index (χ1n) is 8.26. The zero-order chi connectivity index (χ0) is 18.8. The molecule has 27 heavy (non-hydrogen) atoms. The highest BCUT2D eigenvalue weighted by molar-refractivity contribution is 6.61. The van der Waals surface area contributed by atoms with Crippen molar-refractivity contribution >= 4 is 47.3 Å². The van der Waals surface area contributed by atoms with Gasteiger partial charge >= 0.3 is 7.12 Å². The minimum atomic E-state index is -0.912. The second kappa shape index (κ2) is 7.44. The van der Waals surface area contributed by atoms with Gasteiger partial charge in [0.1, 0.15) is 10.8 Å². The topological polar surface area (TPSA) is 88.5 Å². The van der Waals surface area contributed by atoms with Crippen LogP contribution in [0.15, 0.2) is 48.7 Å². The first-order chi connectivity index (χ1) is 13.1. The van der Waals surface area contributed by atoms with Crippen LogP contribution in [0.1, 0.15) is 5.56 Å². The maximum atomic E-state index is 9.86. The molecule has 7 nitrogen and oxygen atoms in total. The summed E-state index contributed by atoms with van der Waals surface area (Å²) in [5, 5.41) is 16.5. The minimum absolute atomic E-state index is 0.371. The van der Waals surface area contributed by atoms with Crippen molar-refractivity contribution in [2.75, 3.05) is 17.7 Å². The molecule has 2 aromatic carbocycles. The quantitative estimate of drug-likeness (QED) is 0.585. The third kappa shape index (κ3) is 3.68. The number of para-hydroxylation sites is 2. The fourth-order valence-corrected chi connectivity index (χ4v) is 2.95. The molecule has 0 amide bonds. The van der Waals surface area contributed by atoms with E-state index in [4.69, 9.17) is 21.0 Å². The molecule has 2 heterocycles. The molecule has 0 saturated carbocycles. The number of hydrogen-bond donors (Lipinski definition) is 3. The van der Waals surface area contributed by atoms with Crippen LogP contribution in [0.2, 0.25) is 5.02 Å². The SMILES string of the molecule is COc1ccccc1Nc1ncc(Cl)c(Nc2ccc3c(c2)B(O)OC3)n1. The summed E-state index contributed by atoms with van der Waals surface area (Å²) >= 11 is 6.24. The second-order valence-electron chi connectivity index (χ2n) is 5.92. The van der Waals surface area contributed by atoms with Crippen molar-refractivity contribution in [3.05, 3.63) is 59.2 Å². The number of ether oxygens (including phenoxy) is 1. The third-order valence-corrected chi connectivity index (χ3v) is 4.45. The van der Waals surface area contributed by atoms with Crippen molar-refractivity contribution in [2.45, 2.75) is 6.61 Å². The average Bonchev–Trinajstić information content (AvgIpc) is 3.05. The molecule has 0 spiro atoms. The lowest BCUT2D eigenvalue weighted by Crippen LogP contribution is -2.28. The molecule has 1 aromatic heterocycles. The first kappa shape index (κ1) is 17.6. The maximum absolute atomic E-state index is 9.86. The lowest BCUT2D eigenvalue weighted by Gasteiger charge is -2.12. The Bertz CT molecular complexity index is 989. The van der Waals surface area contributed by atoms with Crippen molar-refractivity contribution in [2.24, 2.45) is 0 Å². The monoisotopic (exact) mass is 382 g/mol. The Hall–Kier alpha value is -2.81. The van der Waals surface area contributed by atoms with Crippen LogP contribution in [0.25, 0.3) is 0 Å². The van der Waals surface area contributed by atoms with Gasteiger partial charge in [-0.25, -0.2) is 4.98 Å². The molecule has 0 saturated heterocycles. The molecular formula is C18H16BClN4O3. The lowest BCUT2D eigenvalue weighted by atomic mass is 9.79. The summed E-state index contributed by atoms with van der Waals surface area (Å²) in [6.07, 6.45) is 1.51. The zero-order valence-electron chi connectivity index (χ0n) is 14.4. The van der Waals surface area contributed by atoms with Crippen molar-refractivity contribution in [3.8, 4) is 5.75 Å². The fraction of sp³-hybridized carbons (Fsp3) is 0.111. The number of aromatic nitrogens is 2. The summed E-state index contributed by atoms with van der Waals surface area (Å²) < 4.78 is 10.5. The Morgan fingerprint density at radius 1 is 1.22 bits per heavy atom. The van der Waals surface area contributed by atoms with E-state index in [2.05, 4.69) is 20.6 Å². The van der Waals surface area contributed by atoms with Crippen molar-refractivity contribution in [1.82, 2.24) is 9.97 Å². The normalized spacial score (nSPS) is 12.6. The maximum Gasteiger partial charge on any atom is 0.491 e. The van der Waals surface area contributed by atoms with E-state index in [1.807, 2.05) is 42.5 Å². The van der Waals surface area contributed by atoms with Gasteiger partial charge in [0, 0.05) is 5.69 Å². The van der Waals surface area contributed by atoms with Crippen LogP contribution in [0.5, 0.6) is 5.75 Å². The number of methoxy groups -OCH3 is 1. The molecule has 0 atom stereocenters. The Kier molecular flexibility index (Phi) is 4.85. The van der Waals surface area contributed by atoms with E-state index in [9.17, 15) is 5.02 Å². The van der Waals surface area contributed by atoms with Crippen LogP contribution in [-0.4, -0.2) is 29.2 Å². The van der Waals surface area contributed by atoms with E-state index in [-0.39, 0.29) is 0 Å². The lowest BCUT2D eigenvalue weighted by molar-refractivity contribution is 0.275. The highest BCUT2D eigenvalue weighted by Gasteiger charge is 2.27. The smallest absolute Gasteiger partial charge is 0.491 e. The summed E-state index contributed by atoms with van der Waals surface area (Å²) in [5.41, 5.74) is 3.17. The molecule has 0 fully saturated rings. The molecule has 1 aliphatic heterocycles. The summed E-state index contributed by atoms with van der Waals surface area (Å²) in [4.78, 5) is 8.65. The fourth-order valence-electron chi connectivity index (χ4n) is 2.81. The number of rotatable bonds is 5. The van der Waals surface area contributed by atoms with E-state index in [1.54, 1.807) is 7.11 Å². The van der Waals surface area contributed by atoms with Gasteiger partial charge < -0.3 is 25.0 Å². The molecular weight excluding hydrogens is 366 g/mol. The second-order valence-corrected chi connectivity index (χ2v) is 6.32. The average molecular weight is 383 g/mol. The van der Waals surface area contributed by atoms with Crippen LogP contribution >= 0.6 is 11.6 Å². The first-order valence-corrected chi connectivity index (χ1v) is 8.64. The molecule has 0 aliphatic carbocycles. The predicted molar refractivity (Wildman–Crippen MR) is 105 cm³/mol. The van der Waals surface area contributed by atoms with Crippen LogP contribution in [0.4, 0.5) is 23.1 Å². The molecule has 4 rings (SSSR count). The van der Waals surface area contributed by atoms with Crippen LogP contribution in [0, 0.1) is 0 Å². The Labute approximate surface area is 161 Å². The van der Waals surface area contributed by atoms with Crippen LogP contribution < -0.4 is 20.8 Å². The van der Waals surface area contributed by atoms with Gasteiger partial charge in [-0.05, 0) is 35.3 Å². The molecule has 9 heteroatoms. The van der Waals surface area contributed by atoms with Gasteiger partial charge in [0.2, 0.25) is 5.95 Å². The Morgan fingerprint density at radius 3 is 2.93 bits per heavy atom. The van der Waals surface area contributed by atoms with Crippen LogP contribution in [-0.2, 0) is 11.3 Å². The largest absolute Gasteiger partial charge is 0.495 e. The summed E-state index contributed by atoms with van der Waals surface area (Å²) in [6, 6.07) is 13.1. The van der Waals surface area contributed by atoms with E-state index >= 15 is 0 Å². The van der Waals surface area contributed by atoms with Gasteiger partial charge in [0.05, 0.1) is 25.6 Å². The standard InChI is InChI=1S/C18H16BClN4O3/c1-26-16-5-3-2-4-15(16)23-18-21-9-14(20)17(24-18)22-12-7-6-11-10-27-19(25)13(11)8-12/h2-9,25H,10H2,1H3,(H2,21,22,23,24). The van der Waals surface area contributed by atoms with Gasteiger partial charge in [0.15, 0.2) is 5.82 Å². The zero-order valence-corrected chi connectivity index (χ0v) is 15.2. The minimum Gasteiger partial charge on any atom is -0.495 e. The van der Waals surface area contributed by atoms with E-state index in [0.717, 1.165) is 22.4 Å². The van der Waals surface area contributed by atoms with Crippen molar-refractivity contribution in [1.29, 1.82) is 0 Å². The molecule has 3 aromatic rings. The van der Waals surface area contributed by atoms with E-state index in [1.165, 1.54) is 6.20 Å². The molecule has 0 radical (unpaired) electrons. The third-order valence-electron chi connectivity index (χ3n) is 4.17. The number of hydrogen-bond acceptors (Lipinski definition) is 7. The number of benzene rings is 2. The summed E-state index contributed by atoms with van der Waals surface area (Å²) in [7, 11) is 0.688. The Morgan fingerprint density at radius 2 is 2.07 bits per heavy atom. The molecule has 1 aliphatic rings. The van der Waals surface area contributed by atoms with E-state index in [0.29, 0.717) is 29.1 Å². The Balaban J connectivity index is 1.59. The molecule has 0 bridgehead atoms. The number of halogens is 1. The summed E-state index contributed by atoms with van der Waals surface area (Å²) in [6.45, 7) is 0.401. The predicted octanol–water partition coefficient (Wildman–Crippen LogP) is 2.84. The number of nitrogens with one attached hydrogen (secondary N) is 2. The van der Waals surface area contributed by atoms with Gasteiger partial charge in [-0.1, -0.05) is 29.8 Å². The van der Waals surface area contributed by atoms with Gasteiger partial charge in [0.25, 0.3) is 0 Å². The molecule has 136 valence electrons. The highest BCUT2D eigenvalue weighted by Crippen LogP contribution is 2.28. The molecule has 3 N–H and O–H groups in total. The van der Waals surface area contributed by atoms with Crippen molar-refractivity contribution < 1.29 is 14.4 Å². The number of anilines is 4. The van der Waals surface area contributed by atoms with Gasteiger partial charge in [-0.2, -0.15) is 4.98 Å². The highest BCUT2D eigenvalue weighted by atomic mass is 35.5.